The first-order valence-electron chi connectivity index (χ1n) is 11.4. The fourth-order valence-corrected chi connectivity index (χ4v) is 3.67. The number of anilines is 1. The van der Waals surface area contributed by atoms with Crippen molar-refractivity contribution in [2.24, 2.45) is 5.92 Å². The van der Waals surface area contributed by atoms with Crippen LogP contribution in [0.15, 0.2) is 30.3 Å². The van der Waals surface area contributed by atoms with Gasteiger partial charge in [-0.2, -0.15) is 0 Å². The first kappa shape index (κ1) is 27.6. The van der Waals surface area contributed by atoms with Crippen LogP contribution in [-0.2, 0) is 0 Å². The van der Waals surface area contributed by atoms with Crippen LogP contribution >= 0.6 is 0 Å². The van der Waals surface area contributed by atoms with Crippen molar-refractivity contribution in [3.05, 3.63) is 30.3 Å². The summed E-state index contributed by atoms with van der Waals surface area (Å²) < 4.78 is 82.8. The first-order valence-corrected chi connectivity index (χ1v) is 11.4. The van der Waals surface area contributed by atoms with Gasteiger partial charge in [-0.25, -0.2) is 22.0 Å². The van der Waals surface area contributed by atoms with Gasteiger partial charge >= 0.3 is 0 Å². The van der Waals surface area contributed by atoms with Gasteiger partial charge in [0, 0.05) is 12.2 Å². The van der Waals surface area contributed by atoms with Gasteiger partial charge in [-0.15, -0.1) is 0 Å². The molecule has 0 aliphatic rings. The Bertz CT molecular complexity index is 560. The number of unbranched alkanes of at least 4 members (excludes halogenated alkanes) is 1. The highest BCUT2D eigenvalue weighted by Crippen LogP contribution is 2.26. The quantitative estimate of drug-likeness (QED) is 0.220. The van der Waals surface area contributed by atoms with Gasteiger partial charge in [-0.05, 0) is 37.3 Å². The minimum atomic E-state index is -2.94. The van der Waals surface area contributed by atoms with Crippen LogP contribution in [0.5, 0.6) is 0 Å². The van der Waals surface area contributed by atoms with E-state index in [1.54, 1.807) is 35.2 Å². The lowest BCUT2D eigenvalue weighted by Crippen LogP contribution is -2.44. The molecular weight excluding hydrogens is 416 g/mol. The lowest BCUT2D eigenvalue weighted by atomic mass is 9.95. The Balaban J connectivity index is 2.78. The molecule has 0 aliphatic carbocycles. The van der Waals surface area contributed by atoms with E-state index in [-0.39, 0.29) is 6.42 Å². The van der Waals surface area contributed by atoms with Crippen molar-refractivity contribution in [1.82, 2.24) is 0 Å². The standard InChI is InChI=1S/C24H37F6N/c1-3-5-10-18(4-2)14-16-31(19-11-7-6-8-12-19)17-21(27)23(29)24(30)22(28)20(26)13-9-15-25/h6-8,11-12,18,20-24H,3-5,9-10,13-17H2,1-2H3. The average Bonchev–Trinajstić information content (AvgIpc) is 2.80. The molecule has 0 aromatic heterocycles. The molecule has 0 bridgehead atoms. The zero-order chi connectivity index (χ0) is 23.2. The molecule has 1 aromatic carbocycles. The lowest BCUT2D eigenvalue weighted by molar-refractivity contribution is 0.000440. The molecule has 6 unspecified atom stereocenters. The average molecular weight is 454 g/mol. The molecule has 31 heavy (non-hydrogen) atoms. The fourth-order valence-electron chi connectivity index (χ4n) is 3.67. The molecule has 0 N–H and O–H groups in total. The van der Waals surface area contributed by atoms with Gasteiger partial charge in [0.2, 0.25) is 0 Å². The van der Waals surface area contributed by atoms with Crippen LogP contribution in [0.4, 0.5) is 32.0 Å². The smallest absolute Gasteiger partial charge is 0.168 e. The Labute approximate surface area is 183 Å². The number of rotatable bonds is 17. The van der Waals surface area contributed by atoms with E-state index in [0.29, 0.717) is 18.2 Å². The third-order valence-electron chi connectivity index (χ3n) is 5.78. The Kier molecular flexibility index (Phi) is 13.7. The molecule has 0 fully saturated rings. The zero-order valence-corrected chi connectivity index (χ0v) is 18.6. The summed E-state index contributed by atoms with van der Waals surface area (Å²) in [6, 6.07) is 8.85. The summed E-state index contributed by atoms with van der Waals surface area (Å²) in [5.74, 6) is 0.442. The third kappa shape index (κ3) is 9.73. The molecule has 0 saturated heterocycles. The number of halogens is 6. The molecule has 1 nitrogen and oxygen atoms in total. The molecular formula is C24H37F6N. The van der Waals surface area contributed by atoms with Gasteiger partial charge in [0.25, 0.3) is 0 Å². The second kappa shape index (κ2) is 15.4. The van der Waals surface area contributed by atoms with E-state index in [1.165, 1.54) is 0 Å². The predicted octanol–water partition coefficient (Wildman–Crippen LogP) is 7.54. The van der Waals surface area contributed by atoms with Crippen LogP contribution < -0.4 is 4.90 Å². The Hall–Kier alpha value is -1.40. The van der Waals surface area contributed by atoms with E-state index in [9.17, 15) is 26.3 Å². The molecule has 6 atom stereocenters. The molecule has 0 aliphatic heterocycles. The fraction of sp³-hybridized carbons (Fsp3) is 0.750. The van der Waals surface area contributed by atoms with Crippen molar-refractivity contribution < 1.29 is 26.3 Å². The SMILES string of the molecule is CCCCC(CC)CCN(CC(F)C(F)C(F)C(F)C(F)CCCF)c1ccccc1. The van der Waals surface area contributed by atoms with Crippen molar-refractivity contribution in [3.8, 4) is 0 Å². The molecule has 7 heteroatoms. The zero-order valence-electron chi connectivity index (χ0n) is 18.6. The van der Waals surface area contributed by atoms with Gasteiger partial charge in [0.15, 0.2) is 24.7 Å². The maximum atomic E-state index is 14.7. The third-order valence-corrected chi connectivity index (χ3v) is 5.78. The Morgan fingerprint density at radius 2 is 1.42 bits per heavy atom. The van der Waals surface area contributed by atoms with Crippen LogP contribution in [-0.4, -0.2) is 50.6 Å². The molecule has 1 aromatic rings. The van der Waals surface area contributed by atoms with Crippen molar-refractivity contribution in [3.63, 3.8) is 0 Å². The molecule has 0 spiro atoms. The number of hydrogen-bond donors (Lipinski definition) is 0. The van der Waals surface area contributed by atoms with Crippen molar-refractivity contribution in [2.75, 3.05) is 24.7 Å². The largest absolute Gasteiger partial charge is 0.368 e. The second-order valence-corrected chi connectivity index (χ2v) is 8.18. The van der Waals surface area contributed by atoms with Crippen LogP contribution in [0.1, 0.15) is 58.8 Å². The maximum absolute atomic E-state index is 14.7. The monoisotopic (exact) mass is 453 g/mol. The number of hydrogen-bond acceptors (Lipinski definition) is 1. The number of alkyl halides is 6. The summed E-state index contributed by atoms with van der Waals surface area (Å²) in [6.45, 7) is 3.33. The highest BCUT2D eigenvalue weighted by molar-refractivity contribution is 5.46. The molecule has 180 valence electrons. The van der Waals surface area contributed by atoms with Gasteiger partial charge in [-0.1, -0.05) is 57.7 Å². The normalized spacial score (nSPS) is 17.5. The highest BCUT2D eigenvalue weighted by atomic mass is 19.2. The van der Waals surface area contributed by atoms with Gasteiger partial charge < -0.3 is 4.90 Å². The first-order chi connectivity index (χ1) is 14.8. The molecule has 0 heterocycles. The molecule has 0 amide bonds. The maximum Gasteiger partial charge on any atom is 0.168 e. The van der Waals surface area contributed by atoms with Crippen molar-refractivity contribution in [1.29, 1.82) is 0 Å². The minimum absolute atomic E-state index is 0.289. The predicted molar refractivity (Wildman–Crippen MR) is 116 cm³/mol. The van der Waals surface area contributed by atoms with Gasteiger partial charge in [-0.3, -0.25) is 4.39 Å². The number of para-hydroxylation sites is 1. The van der Waals surface area contributed by atoms with E-state index in [4.69, 9.17) is 0 Å². The summed E-state index contributed by atoms with van der Waals surface area (Å²) in [5, 5.41) is 0. The van der Waals surface area contributed by atoms with E-state index < -0.39 is 50.5 Å². The van der Waals surface area contributed by atoms with Crippen molar-refractivity contribution in [2.45, 2.75) is 89.7 Å². The van der Waals surface area contributed by atoms with E-state index in [1.807, 2.05) is 0 Å². The lowest BCUT2D eigenvalue weighted by Gasteiger charge is -2.30. The van der Waals surface area contributed by atoms with Crippen LogP contribution in [0.3, 0.4) is 0 Å². The Morgan fingerprint density at radius 1 is 0.774 bits per heavy atom. The Morgan fingerprint density at radius 3 is 2.00 bits per heavy atom. The van der Waals surface area contributed by atoms with E-state index >= 15 is 0 Å². The topological polar surface area (TPSA) is 3.24 Å². The minimum Gasteiger partial charge on any atom is -0.368 e. The summed E-state index contributed by atoms with van der Waals surface area (Å²) in [7, 11) is 0. The summed E-state index contributed by atoms with van der Waals surface area (Å²) in [4.78, 5) is 1.64. The molecule has 1 rings (SSSR count). The summed E-state index contributed by atoms with van der Waals surface area (Å²) >= 11 is 0. The summed E-state index contributed by atoms with van der Waals surface area (Å²) in [5.41, 5.74) is 0.668. The van der Waals surface area contributed by atoms with Gasteiger partial charge in [0.1, 0.15) is 6.17 Å². The number of nitrogens with zero attached hydrogens (tertiary/aromatic N) is 1. The van der Waals surface area contributed by atoms with Crippen molar-refractivity contribution >= 4 is 5.69 Å². The van der Waals surface area contributed by atoms with Crippen LogP contribution in [0.2, 0.25) is 0 Å². The van der Waals surface area contributed by atoms with Gasteiger partial charge in [0.05, 0.1) is 13.2 Å². The van der Waals surface area contributed by atoms with Crippen LogP contribution in [0, 0.1) is 5.92 Å². The van der Waals surface area contributed by atoms with E-state index in [0.717, 1.165) is 32.1 Å². The van der Waals surface area contributed by atoms with E-state index in [2.05, 4.69) is 13.8 Å². The summed E-state index contributed by atoms with van der Waals surface area (Å²) in [6.07, 6.45) is -9.11. The number of benzene rings is 1. The molecule has 0 saturated carbocycles. The van der Waals surface area contributed by atoms with Crippen LogP contribution in [0.25, 0.3) is 0 Å². The second-order valence-electron chi connectivity index (χ2n) is 8.18. The highest BCUT2D eigenvalue weighted by Gasteiger charge is 2.40. The molecule has 0 radical (unpaired) electrons.